The quantitative estimate of drug-likeness (QED) is 0.245. The van der Waals surface area contributed by atoms with Crippen molar-refractivity contribution in [2.24, 2.45) is 12.1 Å². The summed E-state index contributed by atoms with van der Waals surface area (Å²) in [7, 11) is 1.50. The lowest BCUT2D eigenvalue weighted by Gasteiger charge is -2.15. The molecule has 0 saturated carbocycles. The van der Waals surface area contributed by atoms with Gasteiger partial charge in [-0.25, -0.2) is 10.2 Å². The van der Waals surface area contributed by atoms with Gasteiger partial charge in [0.05, 0.1) is 12.8 Å². The summed E-state index contributed by atoms with van der Waals surface area (Å²) in [6.07, 6.45) is 0.629. The second-order valence-corrected chi connectivity index (χ2v) is 8.15. The number of fused-ring (bicyclic) bond motifs is 1. The van der Waals surface area contributed by atoms with Gasteiger partial charge in [0.15, 0.2) is 11.2 Å². The standard InChI is InChI=1S/C22H21BrN6O4/c1-28-19-18(20(31)26-22(28)32)29(12-16(30)13-33-17-5-3-2-4-6-17)21(25-19)27-24-11-14-7-9-15(23)10-8-14/h2-11,16,30H,12-13H2,1H3,(H,25,27)(H,26,31,32). The zero-order valence-corrected chi connectivity index (χ0v) is 19.2. The van der Waals surface area contributed by atoms with Crippen LogP contribution in [0.25, 0.3) is 11.2 Å². The molecule has 3 N–H and O–H groups in total. The fraction of sp³-hybridized carbons (Fsp3) is 0.182. The number of anilines is 1. The smallest absolute Gasteiger partial charge is 0.329 e. The maximum Gasteiger partial charge on any atom is 0.329 e. The lowest BCUT2D eigenvalue weighted by atomic mass is 10.2. The number of rotatable bonds is 8. The van der Waals surface area contributed by atoms with Gasteiger partial charge in [0, 0.05) is 11.5 Å². The van der Waals surface area contributed by atoms with Gasteiger partial charge < -0.3 is 14.4 Å². The Hall–Kier alpha value is -3.70. The molecule has 2 aromatic carbocycles. The van der Waals surface area contributed by atoms with Gasteiger partial charge in [-0.15, -0.1) is 0 Å². The van der Waals surface area contributed by atoms with Crippen molar-refractivity contribution in [3.63, 3.8) is 0 Å². The molecule has 1 atom stereocenters. The summed E-state index contributed by atoms with van der Waals surface area (Å²) >= 11 is 3.38. The van der Waals surface area contributed by atoms with Crippen LogP contribution in [0.5, 0.6) is 5.75 Å². The Balaban J connectivity index is 1.62. The number of aromatic amines is 1. The maximum absolute atomic E-state index is 12.6. The first kappa shape index (κ1) is 22.5. The molecule has 1 unspecified atom stereocenters. The number of H-pyrrole nitrogens is 1. The number of aryl methyl sites for hydroxylation is 1. The van der Waals surface area contributed by atoms with Crippen LogP contribution in [-0.4, -0.2) is 43.1 Å². The summed E-state index contributed by atoms with van der Waals surface area (Å²) in [5.74, 6) is 0.813. The normalized spacial score (nSPS) is 12.3. The van der Waals surface area contributed by atoms with E-state index in [4.69, 9.17) is 4.74 Å². The molecule has 10 nitrogen and oxygen atoms in total. The zero-order valence-electron chi connectivity index (χ0n) is 17.6. The number of aliphatic hydroxyl groups excluding tert-OH is 1. The SMILES string of the molecule is Cn1c(=O)[nH]c(=O)c2c1nc(NN=Cc1ccc(Br)cc1)n2CC(O)COc1ccccc1. The molecule has 4 aromatic rings. The topological polar surface area (TPSA) is 127 Å². The molecule has 0 aliphatic rings. The monoisotopic (exact) mass is 512 g/mol. The summed E-state index contributed by atoms with van der Waals surface area (Å²) in [5, 5.41) is 14.8. The van der Waals surface area contributed by atoms with Gasteiger partial charge in [-0.1, -0.05) is 46.3 Å². The molecule has 2 heterocycles. The number of hydrogen-bond acceptors (Lipinski definition) is 7. The number of hydrazone groups is 1. The third-order valence-electron chi connectivity index (χ3n) is 4.83. The van der Waals surface area contributed by atoms with Crippen LogP contribution in [0.1, 0.15) is 5.56 Å². The highest BCUT2D eigenvalue weighted by Crippen LogP contribution is 2.17. The number of ether oxygens (including phenoxy) is 1. The van der Waals surface area contributed by atoms with Crippen molar-refractivity contribution in [3.8, 4) is 5.75 Å². The number of benzene rings is 2. The van der Waals surface area contributed by atoms with E-state index in [-0.39, 0.29) is 30.3 Å². The van der Waals surface area contributed by atoms with Gasteiger partial charge in [-0.05, 0) is 29.8 Å². The van der Waals surface area contributed by atoms with Crippen LogP contribution < -0.4 is 21.4 Å². The van der Waals surface area contributed by atoms with Crippen LogP contribution in [0, 0.1) is 0 Å². The number of nitrogens with zero attached hydrogens (tertiary/aromatic N) is 4. The molecule has 0 saturated heterocycles. The van der Waals surface area contributed by atoms with E-state index < -0.39 is 17.4 Å². The van der Waals surface area contributed by atoms with Crippen molar-refractivity contribution in [2.75, 3.05) is 12.0 Å². The van der Waals surface area contributed by atoms with Crippen LogP contribution >= 0.6 is 15.9 Å². The fourth-order valence-corrected chi connectivity index (χ4v) is 3.45. The third kappa shape index (κ3) is 5.21. The molecule has 0 aliphatic heterocycles. The van der Waals surface area contributed by atoms with E-state index >= 15 is 0 Å². The van der Waals surface area contributed by atoms with E-state index in [1.807, 2.05) is 42.5 Å². The van der Waals surface area contributed by atoms with E-state index in [2.05, 4.69) is 36.4 Å². The van der Waals surface area contributed by atoms with E-state index in [0.717, 1.165) is 10.0 Å². The molecule has 2 aromatic heterocycles. The Morgan fingerprint density at radius 2 is 1.94 bits per heavy atom. The molecule has 4 rings (SSSR count). The molecule has 0 aliphatic carbocycles. The summed E-state index contributed by atoms with van der Waals surface area (Å²) in [6.45, 7) is -0.0181. The number of para-hydroxylation sites is 1. The predicted molar refractivity (Wildman–Crippen MR) is 129 cm³/mol. The Morgan fingerprint density at radius 3 is 2.67 bits per heavy atom. The van der Waals surface area contributed by atoms with Crippen LogP contribution in [-0.2, 0) is 13.6 Å². The van der Waals surface area contributed by atoms with Gasteiger partial charge in [-0.3, -0.25) is 14.3 Å². The molecule has 11 heteroatoms. The lowest BCUT2D eigenvalue weighted by molar-refractivity contribution is 0.0938. The first-order valence-electron chi connectivity index (χ1n) is 10.0. The van der Waals surface area contributed by atoms with Gasteiger partial charge in [0.1, 0.15) is 18.5 Å². The Bertz CT molecular complexity index is 1390. The minimum absolute atomic E-state index is 0.00500. The van der Waals surface area contributed by atoms with Crippen LogP contribution in [0.3, 0.4) is 0 Å². The van der Waals surface area contributed by atoms with Gasteiger partial charge >= 0.3 is 5.69 Å². The molecule has 0 amide bonds. The Labute approximate surface area is 196 Å². The number of aromatic nitrogens is 4. The lowest BCUT2D eigenvalue weighted by Crippen LogP contribution is -2.30. The first-order valence-corrected chi connectivity index (χ1v) is 10.8. The van der Waals surface area contributed by atoms with Gasteiger partial charge in [-0.2, -0.15) is 10.1 Å². The Morgan fingerprint density at radius 1 is 1.21 bits per heavy atom. The number of imidazole rings is 1. The van der Waals surface area contributed by atoms with E-state index in [1.165, 1.54) is 16.2 Å². The summed E-state index contributed by atoms with van der Waals surface area (Å²) in [6, 6.07) is 16.6. The highest BCUT2D eigenvalue weighted by atomic mass is 79.9. The van der Waals surface area contributed by atoms with E-state index in [0.29, 0.717) is 5.75 Å². The van der Waals surface area contributed by atoms with Crippen molar-refractivity contribution in [2.45, 2.75) is 12.6 Å². The van der Waals surface area contributed by atoms with Crippen LogP contribution in [0.4, 0.5) is 5.95 Å². The highest BCUT2D eigenvalue weighted by molar-refractivity contribution is 9.10. The maximum atomic E-state index is 12.6. The molecular formula is C22H21BrN6O4. The summed E-state index contributed by atoms with van der Waals surface area (Å²) < 4.78 is 9.26. The van der Waals surface area contributed by atoms with Gasteiger partial charge in [0.2, 0.25) is 5.95 Å². The molecule has 0 fully saturated rings. The Kier molecular flexibility index (Phi) is 6.71. The molecule has 0 bridgehead atoms. The molecule has 33 heavy (non-hydrogen) atoms. The fourth-order valence-electron chi connectivity index (χ4n) is 3.18. The van der Waals surface area contributed by atoms with Crippen molar-refractivity contribution in [1.82, 2.24) is 19.1 Å². The number of hydrogen-bond donors (Lipinski definition) is 3. The van der Waals surface area contributed by atoms with E-state index in [9.17, 15) is 14.7 Å². The second-order valence-electron chi connectivity index (χ2n) is 7.24. The van der Waals surface area contributed by atoms with Crippen molar-refractivity contribution >= 4 is 39.3 Å². The number of halogens is 1. The molecule has 0 radical (unpaired) electrons. The number of nitrogens with one attached hydrogen (secondary N) is 2. The van der Waals surface area contributed by atoms with Crippen molar-refractivity contribution in [3.05, 3.63) is 85.5 Å². The summed E-state index contributed by atoms with van der Waals surface area (Å²) in [5.41, 5.74) is 2.76. The highest BCUT2D eigenvalue weighted by Gasteiger charge is 2.19. The average Bonchev–Trinajstić information content (AvgIpc) is 3.17. The average molecular weight is 513 g/mol. The van der Waals surface area contributed by atoms with Crippen molar-refractivity contribution < 1.29 is 9.84 Å². The van der Waals surface area contributed by atoms with E-state index in [1.54, 1.807) is 18.3 Å². The van der Waals surface area contributed by atoms with Crippen molar-refractivity contribution in [1.29, 1.82) is 0 Å². The second kappa shape index (κ2) is 9.84. The third-order valence-corrected chi connectivity index (χ3v) is 5.36. The van der Waals surface area contributed by atoms with Gasteiger partial charge in [0.25, 0.3) is 5.56 Å². The predicted octanol–water partition coefficient (Wildman–Crippen LogP) is 2.07. The minimum atomic E-state index is -0.963. The molecule has 0 spiro atoms. The molecular weight excluding hydrogens is 492 g/mol. The zero-order chi connectivity index (χ0) is 23.4. The molecule has 170 valence electrons. The summed E-state index contributed by atoms with van der Waals surface area (Å²) in [4.78, 5) is 31.2. The minimum Gasteiger partial charge on any atom is -0.491 e. The first-order chi connectivity index (χ1) is 15.9. The number of aliphatic hydroxyl groups is 1. The van der Waals surface area contributed by atoms with Crippen LogP contribution in [0.2, 0.25) is 0 Å². The van der Waals surface area contributed by atoms with Crippen LogP contribution in [0.15, 0.2) is 73.8 Å². The largest absolute Gasteiger partial charge is 0.491 e.